The van der Waals surface area contributed by atoms with Gasteiger partial charge in [0, 0.05) is 30.2 Å². The summed E-state index contributed by atoms with van der Waals surface area (Å²) in [5.41, 5.74) is 6.73. The zero-order valence-corrected chi connectivity index (χ0v) is 10.2. The SMILES string of the molecule is Cl.Nc1cc(-c2nccn2C2CCC2)ccn1. The first-order chi connectivity index (χ1) is 7.84. The van der Waals surface area contributed by atoms with Crippen molar-refractivity contribution in [1.29, 1.82) is 0 Å². The molecule has 1 fully saturated rings. The minimum Gasteiger partial charge on any atom is -0.384 e. The molecule has 1 saturated carbocycles. The van der Waals surface area contributed by atoms with E-state index < -0.39 is 0 Å². The van der Waals surface area contributed by atoms with Crippen LogP contribution in [0.15, 0.2) is 30.7 Å². The first-order valence-corrected chi connectivity index (χ1v) is 5.59. The number of hydrogen-bond acceptors (Lipinski definition) is 3. The number of nitrogen functional groups attached to an aromatic ring is 1. The summed E-state index contributed by atoms with van der Waals surface area (Å²) < 4.78 is 2.25. The zero-order chi connectivity index (χ0) is 11.0. The number of pyridine rings is 1. The van der Waals surface area contributed by atoms with Crippen molar-refractivity contribution < 1.29 is 0 Å². The van der Waals surface area contributed by atoms with Gasteiger partial charge in [-0.3, -0.25) is 0 Å². The van der Waals surface area contributed by atoms with E-state index in [1.165, 1.54) is 19.3 Å². The third kappa shape index (κ3) is 2.13. The molecule has 0 aliphatic heterocycles. The molecule has 0 spiro atoms. The summed E-state index contributed by atoms with van der Waals surface area (Å²) in [6.45, 7) is 0. The quantitative estimate of drug-likeness (QED) is 0.892. The lowest BCUT2D eigenvalue weighted by Crippen LogP contribution is -2.17. The van der Waals surface area contributed by atoms with Crippen molar-refractivity contribution in [3.63, 3.8) is 0 Å². The molecule has 0 amide bonds. The Morgan fingerprint density at radius 1 is 1.24 bits per heavy atom. The highest BCUT2D eigenvalue weighted by Gasteiger charge is 2.21. The monoisotopic (exact) mass is 250 g/mol. The minimum atomic E-state index is 0. The van der Waals surface area contributed by atoms with Crippen LogP contribution in [0.2, 0.25) is 0 Å². The Morgan fingerprint density at radius 3 is 2.71 bits per heavy atom. The first kappa shape index (κ1) is 11.9. The molecule has 4 nitrogen and oxygen atoms in total. The van der Waals surface area contributed by atoms with Crippen LogP contribution in [0, 0.1) is 0 Å². The molecule has 0 atom stereocenters. The van der Waals surface area contributed by atoms with Crippen LogP contribution in [0.4, 0.5) is 5.82 Å². The number of imidazole rings is 1. The largest absolute Gasteiger partial charge is 0.384 e. The van der Waals surface area contributed by atoms with Gasteiger partial charge in [0.15, 0.2) is 0 Å². The van der Waals surface area contributed by atoms with Crippen LogP contribution in [0.25, 0.3) is 11.4 Å². The molecular formula is C12H15ClN4. The van der Waals surface area contributed by atoms with Crippen molar-refractivity contribution in [2.24, 2.45) is 0 Å². The molecule has 0 unspecified atom stereocenters. The molecule has 2 heterocycles. The molecule has 2 N–H and O–H groups in total. The summed E-state index contributed by atoms with van der Waals surface area (Å²) >= 11 is 0. The van der Waals surface area contributed by atoms with Crippen LogP contribution in [-0.4, -0.2) is 14.5 Å². The summed E-state index contributed by atoms with van der Waals surface area (Å²) in [5, 5.41) is 0. The Hall–Kier alpha value is -1.55. The normalized spacial score (nSPS) is 15.1. The van der Waals surface area contributed by atoms with E-state index in [1.54, 1.807) is 6.20 Å². The van der Waals surface area contributed by atoms with Gasteiger partial charge in [-0.2, -0.15) is 0 Å². The van der Waals surface area contributed by atoms with Crippen LogP contribution >= 0.6 is 12.4 Å². The van der Waals surface area contributed by atoms with Crippen LogP contribution in [0.3, 0.4) is 0 Å². The number of hydrogen-bond donors (Lipinski definition) is 1. The van der Waals surface area contributed by atoms with E-state index in [0.29, 0.717) is 11.9 Å². The average molecular weight is 251 g/mol. The summed E-state index contributed by atoms with van der Waals surface area (Å²) in [5.74, 6) is 1.54. The van der Waals surface area contributed by atoms with Gasteiger partial charge in [-0.15, -0.1) is 12.4 Å². The maximum absolute atomic E-state index is 5.69. The van der Waals surface area contributed by atoms with E-state index in [2.05, 4.69) is 20.7 Å². The molecule has 17 heavy (non-hydrogen) atoms. The molecule has 1 aliphatic carbocycles. The number of nitrogens with two attached hydrogens (primary N) is 1. The minimum absolute atomic E-state index is 0. The zero-order valence-electron chi connectivity index (χ0n) is 9.41. The number of aromatic nitrogens is 3. The van der Waals surface area contributed by atoms with E-state index >= 15 is 0 Å². The van der Waals surface area contributed by atoms with Crippen LogP contribution in [0.5, 0.6) is 0 Å². The van der Waals surface area contributed by atoms with Gasteiger partial charge in [-0.05, 0) is 31.4 Å². The predicted octanol–water partition coefficient (Wildman–Crippen LogP) is 2.67. The van der Waals surface area contributed by atoms with Crippen molar-refractivity contribution >= 4 is 18.2 Å². The highest BCUT2D eigenvalue weighted by atomic mass is 35.5. The highest BCUT2D eigenvalue weighted by Crippen LogP contribution is 2.34. The molecule has 0 saturated heterocycles. The molecular weight excluding hydrogens is 236 g/mol. The molecule has 0 radical (unpaired) electrons. The fourth-order valence-electron chi connectivity index (χ4n) is 2.08. The van der Waals surface area contributed by atoms with E-state index in [0.717, 1.165) is 11.4 Å². The van der Waals surface area contributed by atoms with Gasteiger partial charge in [0.2, 0.25) is 0 Å². The molecule has 3 rings (SSSR count). The van der Waals surface area contributed by atoms with E-state index in [1.807, 2.05) is 18.3 Å². The number of anilines is 1. The second-order valence-electron chi connectivity index (χ2n) is 4.21. The standard InChI is InChI=1S/C12H14N4.ClH/c13-11-8-9(4-5-14-11)12-15-6-7-16(12)10-2-1-3-10;/h4-8,10H,1-3H2,(H2,13,14);1H. The molecule has 5 heteroatoms. The fourth-order valence-corrected chi connectivity index (χ4v) is 2.08. The third-order valence-electron chi connectivity index (χ3n) is 3.18. The van der Waals surface area contributed by atoms with Crippen LogP contribution in [0.1, 0.15) is 25.3 Å². The maximum atomic E-state index is 5.69. The number of nitrogens with zero attached hydrogens (tertiary/aromatic N) is 3. The number of halogens is 1. The summed E-state index contributed by atoms with van der Waals surface area (Å²) in [6, 6.07) is 4.44. The number of rotatable bonds is 2. The Balaban J connectivity index is 0.00000108. The van der Waals surface area contributed by atoms with Gasteiger partial charge in [0.1, 0.15) is 11.6 Å². The second-order valence-corrected chi connectivity index (χ2v) is 4.21. The van der Waals surface area contributed by atoms with Crippen LogP contribution < -0.4 is 5.73 Å². The Kier molecular flexibility index (Phi) is 3.33. The highest BCUT2D eigenvalue weighted by molar-refractivity contribution is 5.85. The van der Waals surface area contributed by atoms with Crippen molar-refractivity contribution in [2.75, 3.05) is 5.73 Å². The molecule has 2 aromatic heterocycles. The topological polar surface area (TPSA) is 56.7 Å². The van der Waals surface area contributed by atoms with Gasteiger partial charge >= 0.3 is 0 Å². The lowest BCUT2D eigenvalue weighted by atomic mass is 9.92. The van der Waals surface area contributed by atoms with Crippen molar-refractivity contribution in [2.45, 2.75) is 25.3 Å². The summed E-state index contributed by atoms with van der Waals surface area (Å²) in [7, 11) is 0. The van der Waals surface area contributed by atoms with E-state index in [-0.39, 0.29) is 12.4 Å². The van der Waals surface area contributed by atoms with Gasteiger partial charge in [-0.1, -0.05) is 0 Å². The summed E-state index contributed by atoms with van der Waals surface area (Å²) in [4.78, 5) is 8.41. The van der Waals surface area contributed by atoms with Gasteiger partial charge in [0.25, 0.3) is 0 Å². The molecule has 2 aromatic rings. The average Bonchev–Trinajstić information content (AvgIpc) is 2.64. The van der Waals surface area contributed by atoms with Crippen LogP contribution in [-0.2, 0) is 0 Å². The Bertz CT molecular complexity index is 505. The van der Waals surface area contributed by atoms with Gasteiger partial charge in [-0.25, -0.2) is 9.97 Å². The second kappa shape index (κ2) is 4.75. The predicted molar refractivity (Wildman–Crippen MR) is 70.0 cm³/mol. The molecule has 90 valence electrons. The first-order valence-electron chi connectivity index (χ1n) is 5.59. The third-order valence-corrected chi connectivity index (χ3v) is 3.18. The van der Waals surface area contributed by atoms with Gasteiger partial charge in [0.05, 0.1) is 0 Å². The van der Waals surface area contributed by atoms with Gasteiger partial charge < -0.3 is 10.3 Å². The van der Waals surface area contributed by atoms with Crippen molar-refractivity contribution in [1.82, 2.24) is 14.5 Å². The maximum Gasteiger partial charge on any atom is 0.140 e. The molecule has 0 aromatic carbocycles. The lowest BCUT2D eigenvalue weighted by molar-refractivity contribution is 0.316. The molecule has 1 aliphatic rings. The smallest absolute Gasteiger partial charge is 0.140 e. The molecule has 0 bridgehead atoms. The summed E-state index contributed by atoms with van der Waals surface area (Å²) in [6.07, 6.45) is 9.46. The Morgan fingerprint density at radius 2 is 2.06 bits per heavy atom. The van der Waals surface area contributed by atoms with Crippen molar-refractivity contribution in [3.8, 4) is 11.4 Å². The van der Waals surface area contributed by atoms with E-state index in [4.69, 9.17) is 5.73 Å². The fraction of sp³-hybridized carbons (Fsp3) is 0.333. The Labute approximate surface area is 106 Å². The van der Waals surface area contributed by atoms with E-state index in [9.17, 15) is 0 Å². The lowest BCUT2D eigenvalue weighted by Gasteiger charge is -2.28. The van der Waals surface area contributed by atoms with Crippen molar-refractivity contribution in [3.05, 3.63) is 30.7 Å².